The Hall–Kier alpha value is 0.0406. The normalized spacial score (nSPS) is 25.2. The van der Waals surface area contributed by atoms with Crippen molar-refractivity contribution in [3.05, 3.63) is 0 Å². The molecule has 124 valence electrons. The molecular weight excluding hydrogens is 314 g/mol. The van der Waals surface area contributed by atoms with Gasteiger partial charge in [-0.05, 0) is 45.7 Å². The summed E-state index contributed by atoms with van der Waals surface area (Å²) in [5, 5.41) is 0. The first-order chi connectivity index (χ1) is 9.19. The molecule has 2 unspecified atom stereocenters. The average molecular weight is 348 g/mol. The molecule has 1 aliphatic rings. The molecule has 0 amide bonds. The van der Waals surface area contributed by atoms with E-state index in [1.807, 2.05) is 0 Å². The summed E-state index contributed by atoms with van der Waals surface area (Å²) in [4.78, 5) is 12.6. The Bertz CT molecular complexity index is 382. The Morgan fingerprint density at radius 2 is 1.48 bits per heavy atom. The highest BCUT2D eigenvalue weighted by Gasteiger charge is 2.45. The first-order valence-electron chi connectivity index (χ1n) is 7.86. The molecule has 0 spiro atoms. The lowest BCUT2D eigenvalue weighted by Crippen LogP contribution is -2.53. The van der Waals surface area contributed by atoms with Gasteiger partial charge >= 0.3 is 5.97 Å². The van der Waals surface area contributed by atoms with Crippen LogP contribution < -0.4 is 0 Å². The van der Waals surface area contributed by atoms with Crippen molar-refractivity contribution in [1.82, 2.24) is 4.57 Å². The van der Waals surface area contributed by atoms with E-state index in [1.165, 1.54) is 0 Å². The zero-order valence-electron chi connectivity index (χ0n) is 15.2. The Morgan fingerprint density at radius 1 is 0.952 bits per heavy atom. The monoisotopic (exact) mass is 347 g/mol. The fourth-order valence-electron chi connectivity index (χ4n) is 2.72. The molecule has 4 nitrogen and oxygen atoms in total. The molecule has 0 radical (unpaired) electrons. The maximum Gasteiger partial charge on any atom is 0.309 e. The van der Waals surface area contributed by atoms with Crippen molar-refractivity contribution in [3.63, 3.8) is 0 Å². The third kappa shape index (κ3) is 6.35. The molecule has 2 atom stereocenters. The zero-order valence-corrected chi connectivity index (χ0v) is 18.2. The molecule has 21 heavy (non-hydrogen) atoms. The molecule has 1 aliphatic heterocycles. The standard InChI is InChI=1S/C14H33NO3Si3/c1-19(2,3)15-11-12(17-20(4,5)6)10-13(15)14(16)18-21(7,8)9/h12-13H,10-11H2,1-9H3. The van der Waals surface area contributed by atoms with Crippen LogP contribution in [0.2, 0.25) is 58.9 Å². The van der Waals surface area contributed by atoms with E-state index in [0.29, 0.717) is 0 Å². The summed E-state index contributed by atoms with van der Waals surface area (Å²) in [5.41, 5.74) is 0. The highest BCUT2D eigenvalue weighted by Crippen LogP contribution is 2.29. The van der Waals surface area contributed by atoms with Crippen LogP contribution >= 0.6 is 0 Å². The van der Waals surface area contributed by atoms with Gasteiger partial charge in [0.05, 0.1) is 6.10 Å². The minimum absolute atomic E-state index is 0.0294. The minimum Gasteiger partial charge on any atom is -0.519 e. The molecule has 0 bridgehead atoms. The Kier molecular flexibility index (Phi) is 5.70. The number of hydrogen-bond donors (Lipinski definition) is 0. The van der Waals surface area contributed by atoms with E-state index in [1.54, 1.807) is 0 Å². The fourth-order valence-corrected chi connectivity index (χ4v) is 6.52. The summed E-state index contributed by atoms with van der Waals surface area (Å²) in [6, 6.07) is -0.107. The van der Waals surface area contributed by atoms with Gasteiger partial charge in [0, 0.05) is 6.54 Å². The predicted molar refractivity (Wildman–Crippen MR) is 96.1 cm³/mol. The van der Waals surface area contributed by atoms with E-state index in [0.717, 1.165) is 13.0 Å². The molecule has 0 aromatic heterocycles. The Labute approximate surface area is 133 Å². The third-order valence-corrected chi connectivity index (χ3v) is 7.39. The number of nitrogens with zero attached hydrogens (tertiary/aromatic N) is 1. The summed E-state index contributed by atoms with van der Waals surface area (Å²) in [5.74, 6) is -0.0294. The molecule has 0 N–H and O–H groups in total. The van der Waals surface area contributed by atoms with Crippen molar-refractivity contribution in [3.8, 4) is 0 Å². The number of carbonyl (C=O) groups excluding carboxylic acids is 1. The van der Waals surface area contributed by atoms with Gasteiger partial charge in [-0.3, -0.25) is 4.79 Å². The topological polar surface area (TPSA) is 38.8 Å². The van der Waals surface area contributed by atoms with E-state index in [4.69, 9.17) is 8.85 Å². The zero-order chi connectivity index (χ0) is 16.6. The molecule has 0 saturated carbocycles. The predicted octanol–water partition coefficient (Wildman–Crippen LogP) is 3.49. The van der Waals surface area contributed by atoms with Gasteiger partial charge in [0.15, 0.2) is 8.32 Å². The maximum absolute atomic E-state index is 12.6. The molecule has 0 aromatic carbocycles. The van der Waals surface area contributed by atoms with Crippen LogP contribution in [-0.4, -0.2) is 54.1 Å². The van der Waals surface area contributed by atoms with Gasteiger partial charge in [-0.25, -0.2) is 0 Å². The van der Waals surface area contributed by atoms with Crippen molar-refractivity contribution in [2.75, 3.05) is 6.54 Å². The number of hydrogen-bond acceptors (Lipinski definition) is 4. The summed E-state index contributed by atoms with van der Waals surface area (Å²) < 4.78 is 14.4. The van der Waals surface area contributed by atoms with E-state index in [2.05, 4.69) is 63.5 Å². The quantitative estimate of drug-likeness (QED) is 0.714. The lowest BCUT2D eigenvalue weighted by molar-refractivity contribution is -0.139. The highest BCUT2D eigenvalue weighted by atomic mass is 28.4. The molecule has 1 heterocycles. The summed E-state index contributed by atoms with van der Waals surface area (Å²) >= 11 is 0. The summed E-state index contributed by atoms with van der Waals surface area (Å²) in [6.07, 6.45) is 0.972. The second-order valence-electron chi connectivity index (χ2n) is 8.96. The number of rotatable bonds is 5. The van der Waals surface area contributed by atoms with Gasteiger partial charge in [0.1, 0.15) is 14.3 Å². The van der Waals surface area contributed by atoms with Gasteiger partial charge in [-0.2, -0.15) is 0 Å². The highest BCUT2D eigenvalue weighted by molar-refractivity contribution is 6.74. The lowest BCUT2D eigenvalue weighted by atomic mass is 10.2. The Morgan fingerprint density at radius 3 is 1.86 bits per heavy atom. The van der Waals surface area contributed by atoms with Crippen molar-refractivity contribution in [2.45, 2.75) is 77.5 Å². The average Bonchev–Trinajstić information content (AvgIpc) is 2.55. The third-order valence-electron chi connectivity index (χ3n) is 3.32. The summed E-state index contributed by atoms with van der Waals surface area (Å²) in [6.45, 7) is 20.6. The van der Waals surface area contributed by atoms with Gasteiger partial charge in [-0.15, -0.1) is 0 Å². The smallest absolute Gasteiger partial charge is 0.309 e. The molecule has 0 aliphatic carbocycles. The second kappa shape index (κ2) is 6.27. The van der Waals surface area contributed by atoms with Gasteiger partial charge in [-0.1, -0.05) is 19.6 Å². The van der Waals surface area contributed by atoms with Crippen LogP contribution in [-0.2, 0) is 13.6 Å². The first kappa shape index (κ1) is 19.1. The molecule has 1 rings (SSSR count). The van der Waals surface area contributed by atoms with Crippen LogP contribution in [0.1, 0.15) is 6.42 Å². The van der Waals surface area contributed by atoms with Crippen LogP contribution in [0.5, 0.6) is 0 Å². The van der Waals surface area contributed by atoms with Crippen LogP contribution in [0.4, 0.5) is 0 Å². The molecule has 1 fully saturated rings. The van der Waals surface area contributed by atoms with E-state index < -0.39 is 24.9 Å². The minimum atomic E-state index is -1.84. The largest absolute Gasteiger partial charge is 0.519 e. The molecule has 1 saturated heterocycles. The summed E-state index contributed by atoms with van der Waals surface area (Å²) in [7, 11) is -4.97. The van der Waals surface area contributed by atoms with Crippen molar-refractivity contribution in [1.29, 1.82) is 0 Å². The van der Waals surface area contributed by atoms with Gasteiger partial charge < -0.3 is 13.4 Å². The van der Waals surface area contributed by atoms with E-state index in [9.17, 15) is 4.79 Å². The molecule has 7 heteroatoms. The van der Waals surface area contributed by atoms with Gasteiger partial charge in [0.2, 0.25) is 8.32 Å². The van der Waals surface area contributed by atoms with Crippen LogP contribution in [0.3, 0.4) is 0 Å². The fraction of sp³-hybridized carbons (Fsp3) is 0.929. The Balaban J connectivity index is 2.86. The SMILES string of the molecule is C[Si](C)(C)OC(=O)C1CC(O[Si](C)(C)C)CN1[Si](C)(C)C. The van der Waals surface area contributed by atoms with Crippen molar-refractivity contribution < 1.29 is 13.6 Å². The number of carbonyl (C=O) groups is 1. The first-order valence-corrected chi connectivity index (χ1v) is 18.1. The van der Waals surface area contributed by atoms with Crippen LogP contribution in [0, 0.1) is 0 Å². The van der Waals surface area contributed by atoms with Crippen LogP contribution in [0.15, 0.2) is 0 Å². The molecule has 0 aromatic rings. The maximum atomic E-state index is 12.6. The second-order valence-corrected chi connectivity index (χ2v) is 22.8. The van der Waals surface area contributed by atoms with Crippen molar-refractivity contribution >= 4 is 30.8 Å². The van der Waals surface area contributed by atoms with E-state index >= 15 is 0 Å². The lowest BCUT2D eigenvalue weighted by Gasteiger charge is -2.35. The van der Waals surface area contributed by atoms with E-state index in [-0.39, 0.29) is 18.1 Å². The van der Waals surface area contributed by atoms with Crippen molar-refractivity contribution in [2.24, 2.45) is 0 Å². The molecular formula is C14H33NO3Si3. The van der Waals surface area contributed by atoms with Gasteiger partial charge in [0.25, 0.3) is 0 Å². The van der Waals surface area contributed by atoms with Crippen LogP contribution in [0.25, 0.3) is 0 Å².